The number of carbonyl (C=O) groups is 1. The number of likely N-dealkylation sites (N-methyl/N-ethyl adjacent to an activating group) is 1. The summed E-state index contributed by atoms with van der Waals surface area (Å²) < 4.78 is 1.35. The summed E-state index contributed by atoms with van der Waals surface area (Å²) in [7, 11) is 1.62. The summed E-state index contributed by atoms with van der Waals surface area (Å²) in [5.74, 6) is -0.141. The first-order chi connectivity index (χ1) is 14.8. The first kappa shape index (κ1) is 22.7. The molecular weight excluding hydrogens is 394 g/mol. The Balaban J connectivity index is 1.70. The minimum atomic E-state index is -0.590. The topological polar surface area (TPSA) is 113 Å². The number of carbonyl (C=O) groups excluding carboxylic acids is 1. The van der Waals surface area contributed by atoms with Crippen molar-refractivity contribution in [3.63, 3.8) is 0 Å². The van der Waals surface area contributed by atoms with E-state index in [4.69, 9.17) is 5.73 Å². The fourth-order valence-electron chi connectivity index (χ4n) is 4.17. The molecule has 4 N–H and O–H groups in total. The quantitative estimate of drug-likeness (QED) is 0.597. The summed E-state index contributed by atoms with van der Waals surface area (Å²) in [5.41, 5.74) is 8.99. The van der Waals surface area contributed by atoms with Gasteiger partial charge < -0.3 is 16.0 Å². The maximum atomic E-state index is 12.7. The minimum Gasteiger partial charge on any atom is -0.383 e. The number of hydrogen-bond donors (Lipinski definition) is 3. The second kappa shape index (κ2) is 9.85. The predicted octanol–water partition coefficient (Wildman–Crippen LogP) is 2.11. The van der Waals surface area contributed by atoms with E-state index < -0.39 is 11.2 Å². The van der Waals surface area contributed by atoms with E-state index in [2.05, 4.69) is 28.5 Å². The number of H-pyrrole nitrogens is 1. The second-order valence-corrected chi connectivity index (χ2v) is 8.38. The van der Waals surface area contributed by atoms with Crippen molar-refractivity contribution in [2.45, 2.75) is 65.0 Å². The lowest BCUT2D eigenvalue weighted by Crippen LogP contribution is -2.41. The number of anilines is 2. The van der Waals surface area contributed by atoms with Crippen LogP contribution >= 0.6 is 0 Å². The van der Waals surface area contributed by atoms with Gasteiger partial charge in [-0.15, -0.1) is 0 Å². The Bertz CT molecular complexity index is 1060. The second-order valence-electron chi connectivity index (χ2n) is 8.38. The highest BCUT2D eigenvalue weighted by molar-refractivity contribution is 5.82. The largest absolute Gasteiger partial charge is 0.383 e. The van der Waals surface area contributed by atoms with Crippen molar-refractivity contribution in [1.82, 2.24) is 14.9 Å². The number of benzene rings is 1. The van der Waals surface area contributed by atoms with Crippen LogP contribution in [0.25, 0.3) is 0 Å². The molecule has 1 aliphatic carbocycles. The average molecular weight is 428 g/mol. The van der Waals surface area contributed by atoms with E-state index in [1.165, 1.54) is 33.4 Å². The van der Waals surface area contributed by atoms with Crippen molar-refractivity contribution in [3.05, 3.63) is 55.7 Å². The fraction of sp³-hybridized carbons (Fsp3) is 0.522. The minimum absolute atomic E-state index is 0.0471. The Hall–Kier alpha value is -3.03. The summed E-state index contributed by atoms with van der Waals surface area (Å²) >= 11 is 0. The molecule has 3 rings (SSSR count). The Morgan fingerprint density at radius 1 is 1.26 bits per heavy atom. The monoisotopic (exact) mass is 427 g/mol. The zero-order chi connectivity index (χ0) is 22.5. The molecule has 1 unspecified atom stereocenters. The van der Waals surface area contributed by atoms with Crippen LogP contribution in [0.4, 0.5) is 11.5 Å². The van der Waals surface area contributed by atoms with Gasteiger partial charge in [0.2, 0.25) is 5.91 Å². The SMILES string of the molecule is CCCCn1c(N)c(N(C)CC(=O)NC(C)c2ccc3c(c2)CCCC3)c(=O)[nH]c1=O. The van der Waals surface area contributed by atoms with E-state index in [0.717, 1.165) is 31.2 Å². The lowest BCUT2D eigenvalue weighted by molar-refractivity contribution is -0.120. The smallest absolute Gasteiger partial charge is 0.330 e. The molecule has 1 aromatic heterocycles. The number of nitrogens with zero attached hydrogens (tertiary/aromatic N) is 2. The number of fused-ring (bicyclic) bond motifs is 1. The zero-order valence-corrected chi connectivity index (χ0v) is 18.7. The third-order valence-electron chi connectivity index (χ3n) is 5.96. The van der Waals surface area contributed by atoms with Crippen molar-refractivity contribution < 1.29 is 4.79 Å². The van der Waals surface area contributed by atoms with Gasteiger partial charge in [-0.1, -0.05) is 31.5 Å². The van der Waals surface area contributed by atoms with Gasteiger partial charge >= 0.3 is 5.69 Å². The molecule has 2 aromatic rings. The van der Waals surface area contributed by atoms with Crippen molar-refractivity contribution in [1.29, 1.82) is 0 Å². The normalized spacial score (nSPS) is 14.0. The van der Waals surface area contributed by atoms with E-state index in [-0.39, 0.29) is 30.0 Å². The number of amides is 1. The summed E-state index contributed by atoms with van der Waals surface area (Å²) in [4.78, 5) is 40.9. The Morgan fingerprint density at radius 3 is 2.68 bits per heavy atom. The molecule has 0 fully saturated rings. The van der Waals surface area contributed by atoms with Crippen molar-refractivity contribution in [2.24, 2.45) is 0 Å². The van der Waals surface area contributed by atoms with Gasteiger partial charge in [-0.05, 0) is 55.7 Å². The molecule has 0 saturated heterocycles. The number of nitrogen functional groups attached to an aromatic ring is 1. The number of aromatic nitrogens is 2. The van der Waals surface area contributed by atoms with Gasteiger partial charge in [0, 0.05) is 13.6 Å². The number of hydrogen-bond acceptors (Lipinski definition) is 5. The van der Waals surface area contributed by atoms with Crippen LogP contribution in [0.1, 0.15) is 62.3 Å². The predicted molar refractivity (Wildman–Crippen MR) is 124 cm³/mol. The number of nitrogens with one attached hydrogen (secondary N) is 2. The standard InChI is InChI=1S/C23H33N5O3/c1-4-5-12-28-21(24)20(22(30)26-23(28)31)27(3)14-19(29)25-15(2)17-11-10-16-8-6-7-9-18(16)13-17/h10-11,13,15H,4-9,12,14,24H2,1-3H3,(H,25,29)(H,26,30,31). The van der Waals surface area contributed by atoms with Crippen molar-refractivity contribution in [2.75, 3.05) is 24.2 Å². The van der Waals surface area contributed by atoms with Crippen LogP contribution < -0.4 is 27.2 Å². The summed E-state index contributed by atoms with van der Waals surface area (Å²) in [6.07, 6.45) is 6.30. The van der Waals surface area contributed by atoms with E-state index in [0.29, 0.717) is 6.54 Å². The average Bonchev–Trinajstić information content (AvgIpc) is 2.72. The molecular formula is C23H33N5O3. The Morgan fingerprint density at radius 2 is 1.97 bits per heavy atom. The number of nitrogens with two attached hydrogens (primary N) is 1. The van der Waals surface area contributed by atoms with Gasteiger partial charge in [-0.25, -0.2) is 4.79 Å². The maximum absolute atomic E-state index is 12.7. The highest BCUT2D eigenvalue weighted by Gasteiger charge is 2.20. The summed E-state index contributed by atoms with van der Waals surface area (Å²) in [5, 5.41) is 3.00. The summed E-state index contributed by atoms with van der Waals surface area (Å²) in [6.45, 7) is 4.33. The van der Waals surface area contributed by atoms with Crippen LogP contribution in [-0.2, 0) is 24.2 Å². The highest BCUT2D eigenvalue weighted by Crippen LogP contribution is 2.25. The molecule has 168 valence electrons. The van der Waals surface area contributed by atoms with E-state index in [9.17, 15) is 14.4 Å². The molecule has 0 radical (unpaired) electrons. The lowest BCUT2D eigenvalue weighted by atomic mass is 9.89. The van der Waals surface area contributed by atoms with Crippen molar-refractivity contribution >= 4 is 17.4 Å². The zero-order valence-electron chi connectivity index (χ0n) is 18.7. The van der Waals surface area contributed by atoms with Crippen LogP contribution in [-0.4, -0.2) is 29.1 Å². The molecule has 0 bridgehead atoms. The third-order valence-corrected chi connectivity index (χ3v) is 5.96. The van der Waals surface area contributed by atoms with Gasteiger partial charge in [0.05, 0.1) is 12.6 Å². The molecule has 1 aliphatic rings. The van der Waals surface area contributed by atoms with E-state index in [1.807, 2.05) is 13.8 Å². The molecule has 1 aromatic carbocycles. The highest BCUT2D eigenvalue weighted by atomic mass is 16.2. The van der Waals surface area contributed by atoms with Crippen LogP contribution in [0.2, 0.25) is 0 Å². The number of rotatable bonds is 8. The van der Waals surface area contributed by atoms with Gasteiger partial charge in [-0.3, -0.25) is 19.1 Å². The van der Waals surface area contributed by atoms with Crippen LogP contribution in [0, 0.1) is 0 Å². The number of aryl methyl sites for hydroxylation is 2. The third kappa shape index (κ3) is 5.18. The fourth-order valence-corrected chi connectivity index (χ4v) is 4.17. The first-order valence-corrected chi connectivity index (χ1v) is 11.1. The molecule has 0 aliphatic heterocycles. The molecule has 1 atom stereocenters. The van der Waals surface area contributed by atoms with Crippen LogP contribution in [0.15, 0.2) is 27.8 Å². The molecule has 1 heterocycles. The lowest BCUT2D eigenvalue weighted by Gasteiger charge is -2.23. The number of unbranched alkanes of at least 4 members (excludes halogenated alkanes) is 1. The molecule has 1 amide bonds. The molecule has 8 nitrogen and oxygen atoms in total. The van der Waals surface area contributed by atoms with Gasteiger partial charge in [0.1, 0.15) is 11.5 Å². The van der Waals surface area contributed by atoms with Crippen molar-refractivity contribution in [3.8, 4) is 0 Å². The molecule has 31 heavy (non-hydrogen) atoms. The van der Waals surface area contributed by atoms with E-state index in [1.54, 1.807) is 7.05 Å². The van der Waals surface area contributed by atoms with E-state index >= 15 is 0 Å². The van der Waals surface area contributed by atoms with Gasteiger partial charge in [-0.2, -0.15) is 0 Å². The molecule has 0 saturated carbocycles. The Kier molecular flexibility index (Phi) is 7.20. The maximum Gasteiger partial charge on any atom is 0.330 e. The van der Waals surface area contributed by atoms with Gasteiger partial charge in [0.15, 0.2) is 0 Å². The summed E-state index contributed by atoms with van der Waals surface area (Å²) in [6, 6.07) is 6.28. The number of aromatic amines is 1. The Labute approximate surface area is 182 Å². The van der Waals surface area contributed by atoms with Crippen LogP contribution in [0.3, 0.4) is 0 Å². The molecule has 8 heteroatoms. The van der Waals surface area contributed by atoms with Gasteiger partial charge in [0.25, 0.3) is 5.56 Å². The molecule has 0 spiro atoms. The first-order valence-electron chi connectivity index (χ1n) is 11.1. The van der Waals surface area contributed by atoms with Crippen LogP contribution in [0.5, 0.6) is 0 Å².